The quantitative estimate of drug-likeness (QED) is 0.894. The Morgan fingerprint density at radius 2 is 2.04 bits per heavy atom. The van der Waals surface area contributed by atoms with Gasteiger partial charge in [0.1, 0.15) is 0 Å². The second kappa shape index (κ2) is 7.70. The normalized spacial score (nSPS) is 24.0. The van der Waals surface area contributed by atoms with E-state index in [0.717, 1.165) is 17.4 Å². The number of carbonyl (C=O) groups is 1. The van der Waals surface area contributed by atoms with E-state index in [-0.39, 0.29) is 5.91 Å². The maximum atomic E-state index is 12.3. The van der Waals surface area contributed by atoms with Crippen molar-refractivity contribution in [3.8, 4) is 5.13 Å². The molecule has 0 spiro atoms. The first-order chi connectivity index (χ1) is 12.3. The Balaban J connectivity index is 1.29. The van der Waals surface area contributed by atoms with Gasteiger partial charge in [-0.2, -0.15) is 0 Å². The van der Waals surface area contributed by atoms with Crippen LogP contribution in [-0.2, 0) is 11.2 Å². The predicted molar refractivity (Wildman–Crippen MR) is 100 cm³/mol. The van der Waals surface area contributed by atoms with Crippen LogP contribution in [0, 0.1) is 5.92 Å². The van der Waals surface area contributed by atoms with Crippen molar-refractivity contribution in [2.75, 3.05) is 19.6 Å². The predicted octanol–water partition coefficient (Wildman–Crippen LogP) is 2.86. The molecule has 0 radical (unpaired) electrons. The lowest BCUT2D eigenvalue weighted by Crippen LogP contribution is -2.51. The van der Waals surface area contributed by atoms with E-state index in [4.69, 9.17) is 0 Å². The van der Waals surface area contributed by atoms with Crippen molar-refractivity contribution in [3.63, 3.8) is 0 Å². The van der Waals surface area contributed by atoms with Crippen LogP contribution in [0.4, 0.5) is 0 Å². The molecular weight excluding hydrogens is 332 g/mol. The molecule has 2 aliphatic heterocycles. The minimum atomic E-state index is 0.0947. The summed E-state index contributed by atoms with van der Waals surface area (Å²) < 4.78 is 1.98. The fourth-order valence-corrected chi connectivity index (χ4v) is 5.04. The molecule has 5 nitrogen and oxygen atoms in total. The van der Waals surface area contributed by atoms with Crippen molar-refractivity contribution in [1.82, 2.24) is 19.8 Å². The zero-order valence-electron chi connectivity index (χ0n) is 14.6. The molecule has 2 unspecified atom stereocenters. The lowest BCUT2D eigenvalue weighted by molar-refractivity contribution is -0.120. The van der Waals surface area contributed by atoms with E-state index >= 15 is 0 Å². The molecule has 0 bridgehead atoms. The number of thiazole rings is 1. The summed E-state index contributed by atoms with van der Waals surface area (Å²) in [5, 5.41) is 6.07. The number of hydrogen-bond donors (Lipinski definition) is 1. The van der Waals surface area contributed by atoms with Gasteiger partial charge in [0.25, 0.3) is 0 Å². The minimum absolute atomic E-state index is 0.0947. The summed E-state index contributed by atoms with van der Waals surface area (Å²) in [6.07, 6.45) is 10.8. The SMILES string of the molecule is O=C(Cc1csc(-n2cccc2)n1)NCC1CCCN2CCCCC12. The first-order valence-corrected chi connectivity index (χ1v) is 10.3. The van der Waals surface area contributed by atoms with Crippen molar-refractivity contribution in [3.05, 3.63) is 35.6 Å². The molecule has 2 aromatic rings. The molecule has 25 heavy (non-hydrogen) atoms. The Labute approximate surface area is 153 Å². The van der Waals surface area contributed by atoms with Gasteiger partial charge in [0.15, 0.2) is 5.13 Å². The van der Waals surface area contributed by atoms with Crippen LogP contribution in [0.15, 0.2) is 29.9 Å². The van der Waals surface area contributed by atoms with E-state index < -0.39 is 0 Å². The molecule has 1 N–H and O–H groups in total. The van der Waals surface area contributed by atoms with Gasteiger partial charge in [-0.3, -0.25) is 4.79 Å². The van der Waals surface area contributed by atoms with Gasteiger partial charge >= 0.3 is 0 Å². The van der Waals surface area contributed by atoms with Gasteiger partial charge in [0, 0.05) is 30.4 Å². The number of nitrogens with zero attached hydrogens (tertiary/aromatic N) is 3. The second-order valence-electron chi connectivity index (χ2n) is 7.19. The molecule has 2 fully saturated rings. The highest BCUT2D eigenvalue weighted by Crippen LogP contribution is 2.30. The highest BCUT2D eigenvalue weighted by atomic mass is 32.1. The largest absolute Gasteiger partial charge is 0.355 e. The third-order valence-corrected chi connectivity index (χ3v) is 6.40. The Morgan fingerprint density at radius 3 is 2.92 bits per heavy atom. The molecule has 1 amide bonds. The maximum Gasteiger partial charge on any atom is 0.226 e. The Hall–Kier alpha value is -1.66. The molecule has 0 aromatic carbocycles. The zero-order valence-corrected chi connectivity index (χ0v) is 15.4. The molecule has 2 aliphatic rings. The summed E-state index contributed by atoms with van der Waals surface area (Å²) in [7, 11) is 0. The number of nitrogens with one attached hydrogen (secondary N) is 1. The lowest BCUT2D eigenvalue weighted by atomic mass is 9.83. The Morgan fingerprint density at radius 1 is 1.20 bits per heavy atom. The first kappa shape index (κ1) is 16.8. The molecule has 134 valence electrons. The van der Waals surface area contributed by atoms with Gasteiger partial charge in [-0.25, -0.2) is 4.98 Å². The summed E-state index contributed by atoms with van der Waals surface area (Å²) in [5.41, 5.74) is 0.856. The van der Waals surface area contributed by atoms with E-state index in [9.17, 15) is 4.79 Å². The van der Waals surface area contributed by atoms with E-state index in [1.54, 1.807) is 11.3 Å². The Bertz CT molecular complexity index is 694. The monoisotopic (exact) mass is 358 g/mol. The van der Waals surface area contributed by atoms with E-state index in [1.807, 2.05) is 34.5 Å². The smallest absolute Gasteiger partial charge is 0.226 e. The fourth-order valence-electron chi connectivity index (χ4n) is 4.25. The van der Waals surface area contributed by atoms with E-state index in [1.165, 1.54) is 45.2 Å². The number of carbonyl (C=O) groups excluding carboxylic acids is 1. The van der Waals surface area contributed by atoms with Crippen LogP contribution in [0.1, 0.15) is 37.8 Å². The van der Waals surface area contributed by atoms with Crippen LogP contribution in [0.25, 0.3) is 5.13 Å². The highest BCUT2D eigenvalue weighted by molar-refractivity contribution is 7.12. The van der Waals surface area contributed by atoms with Crippen LogP contribution in [0.5, 0.6) is 0 Å². The fraction of sp³-hybridized carbons (Fsp3) is 0.579. The van der Waals surface area contributed by atoms with Crippen molar-refractivity contribution in [1.29, 1.82) is 0 Å². The first-order valence-electron chi connectivity index (χ1n) is 9.38. The van der Waals surface area contributed by atoms with Crippen LogP contribution < -0.4 is 5.32 Å². The summed E-state index contributed by atoms with van der Waals surface area (Å²) in [5.74, 6) is 0.709. The summed E-state index contributed by atoms with van der Waals surface area (Å²) >= 11 is 1.58. The zero-order chi connectivity index (χ0) is 17.1. The molecule has 2 saturated heterocycles. The minimum Gasteiger partial charge on any atom is -0.355 e. The molecular formula is C19H26N4OS. The molecule has 4 rings (SSSR count). The van der Waals surface area contributed by atoms with Crippen molar-refractivity contribution in [2.45, 2.75) is 44.6 Å². The summed E-state index contributed by atoms with van der Waals surface area (Å²) in [6, 6.07) is 4.64. The number of aromatic nitrogens is 2. The average molecular weight is 359 g/mol. The highest BCUT2D eigenvalue weighted by Gasteiger charge is 2.32. The van der Waals surface area contributed by atoms with Crippen LogP contribution >= 0.6 is 11.3 Å². The van der Waals surface area contributed by atoms with E-state index in [2.05, 4.69) is 15.2 Å². The maximum absolute atomic E-state index is 12.3. The Kier molecular flexibility index (Phi) is 5.17. The van der Waals surface area contributed by atoms with Gasteiger partial charge in [-0.15, -0.1) is 11.3 Å². The summed E-state index contributed by atoms with van der Waals surface area (Å²) in [6.45, 7) is 3.31. The molecule has 2 atom stereocenters. The topological polar surface area (TPSA) is 50.2 Å². The standard InChI is InChI=1S/C19H26N4OS/c24-18(12-16-14-25-19(21-16)23-9-3-4-10-23)20-13-15-6-5-11-22-8-2-1-7-17(15)22/h3-4,9-10,14-15,17H,1-2,5-8,11-13H2,(H,20,24). The van der Waals surface area contributed by atoms with Crippen LogP contribution in [0.2, 0.25) is 0 Å². The van der Waals surface area contributed by atoms with Gasteiger partial charge in [0.05, 0.1) is 12.1 Å². The lowest BCUT2D eigenvalue weighted by Gasteiger charge is -2.44. The van der Waals surface area contributed by atoms with Gasteiger partial charge in [-0.1, -0.05) is 6.42 Å². The van der Waals surface area contributed by atoms with Crippen molar-refractivity contribution >= 4 is 17.2 Å². The number of hydrogen-bond acceptors (Lipinski definition) is 4. The van der Waals surface area contributed by atoms with E-state index in [0.29, 0.717) is 18.4 Å². The average Bonchev–Trinajstić information content (AvgIpc) is 3.31. The van der Waals surface area contributed by atoms with Crippen molar-refractivity contribution in [2.24, 2.45) is 5.92 Å². The van der Waals surface area contributed by atoms with Crippen LogP contribution in [-0.4, -0.2) is 46.0 Å². The second-order valence-corrected chi connectivity index (χ2v) is 8.03. The third-order valence-electron chi connectivity index (χ3n) is 5.50. The van der Waals surface area contributed by atoms with Gasteiger partial charge < -0.3 is 14.8 Å². The number of amides is 1. The third kappa shape index (κ3) is 3.96. The molecule has 2 aromatic heterocycles. The number of rotatable bonds is 5. The van der Waals surface area contributed by atoms with Gasteiger partial charge in [-0.05, 0) is 56.8 Å². The van der Waals surface area contributed by atoms with Crippen LogP contribution in [0.3, 0.4) is 0 Å². The molecule has 0 aliphatic carbocycles. The number of fused-ring (bicyclic) bond motifs is 1. The van der Waals surface area contributed by atoms with Crippen molar-refractivity contribution < 1.29 is 4.79 Å². The molecule has 6 heteroatoms. The molecule has 4 heterocycles. The summed E-state index contributed by atoms with van der Waals surface area (Å²) in [4.78, 5) is 19.6. The number of piperidine rings is 2. The molecule has 0 saturated carbocycles. The van der Waals surface area contributed by atoms with Gasteiger partial charge in [0.2, 0.25) is 5.91 Å².